The lowest BCUT2D eigenvalue weighted by Gasteiger charge is -2.12. The summed E-state index contributed by atoms with van der Waals surface area (Å²) in [6, 6.07) is 6.54. The Labute approximate surface area is 80.7 Å². The van der Waals surface area contributed by atoms with Crippen LogP contribution in [-0.2, 0) is 4.52 Å². The maximum Gasteiger partial charge on any atom is 0.241 e. The summed E-state index contributed by atoms with van der Waals surface area (Å²) in [7, 11) is 1.56. The molecule has 1 N–H and O–H groups in total. The molecule has 2 nitrogen and oxygen atoms in total. The molecule has 0 aliphatic carbocycles. The third kappa shape index (κ3) is 2.27. The molecule has 0 aliphatic rings. The van der Waals surface area contributed by atoms with Gasteiger partial charge in [-0.25, -0.2) is 0 Å². The van der Waals surface area contributed by atoms with E-state index in [0.717, 1.165) is 0 Å². The fourth-order valence-electron chi connectivity index (χ4n) is 0.792. The summed E-state index contributed by atoms with van der Waals surface area (Å²) >= 11 is 10.9. The van der Waals surface area contributed by atoms with Gasteiger partial charge in [-0.2, -0.15) is 0 Å². The second kappa shape index (κ2) is 3.52. The van der Waals surface area contributed by atoms with Crippen LogP contribution in [0.25, 0.3) is 0 Å². The van der Waals surface area contributed by atoms with E-state index in [0.29, 0.717) is 11.3 Å². The van der Waals surface area contributed by atoms with Crippen LogP contribution in [0.2, 0.25) is 0 Å². The zero-order valence-electron chi connectivity index (χ0n) is 6.42. The SMILES string of the molecule is COc1ccc(C(O)(Cl)Cl)cc1. The van der Waals surface area contributed by atoms with Crippen molar-refractivity contribution >= 4 is 23.2 Å². The van der Waals surface area contributed by atoms with E-state index in [1.165, 1.54) is 0 Å². The van der Waals surface area contributed by atoms with Crippen molar-refractivity contribution in [3.05, 3.63) is 29.8 Å². The Morgan fingerprint density at radius 1 is 1.25 bits per heavy atom. The van der Waals surface area contributed by atoms with Crippen molar-refractivity contribution in [1.29, 1.82) is 0 Å². The smallest absolute Gasteiger partial charge is 0.241 e. The molecule has 0 atom stereocenters. The molecule has 0 aliphatic heterocycles. The first-order chi connectivity index (χ1) is 5.54. The number of rotatable bonds is 2. The molecule has 4 heteroatoms. The summed E-state index contributed by atoms with van der Waals surface area (Å²) in [5, 5.41) is 9.14. The summed E-state index contributed by atoms with van der Waals surface area (Å²) < 4.78 is 3.09. The summed E-state index contributed by atoms with van der Waals surface area (Å²) in [6.07, 6.45) is 0. The van der Waals surface area contributed by atoms with Crippen molar-refractivity contribution in [3.8, 4) is 5.75 Å². The second-order valence-electron chi connectivity index (χ2n) is 2.27. The van der Waals surface area contributed by atoms with Crippen molar-refractivity contribution in [2.45, 2.75) is 4.52 Å². The topological polar surface area (TPSA) is 29.5 Å². The standard InChI is InChI=1S/C8H8Cl2O2/c1-12-7-4-2-6(3-5-7)8(9,10)11/h2-5,11H,1H3. The number of aliphatic hydroxyl groups is 1. The van der Waals surface area contributed by atoms with Crippen LogP contribution in [-0.4, -0.2) is 12.2 Å². The summed E-state index contributed by atoms with van der Waals surface area (Å²) in [5.74, 6) is 0.691. The normalized spacial score (nSPS) is 11.3. The van der Waals surface area contributed by atoms with E-state index in [9.17, 15) is 0 Å². The minimum atomic E-state index is -1.83. The number of ether oxygens (including phenoxy) is 1. The van der Waals surface area contributed by atoms with Gasteiger partial charge in [0.25, 0.3) is 0 Å². The average Bonchev–Trinajstić information content (AvgIpc) is 2.03. The molecule has 1 aromatic rings. The van der Waals surface area contributed by atoms with Gasteiger partial charge in [0.2, 0.25) is 4.52 Å². The third-order valence-electron chi connectivity index (χ3n) is 1.44. The summed E-state index contributed by atoms with van der Waals surface area (Å²) in [6.45, 7) is 0. The quantitative estimate of drug-likeness (QED) is 0.753. The van der Waals surface area contributed by atoms with E-state index < -0.39 is 4.52 Å². The number of hydrogen-bond donors (Lipinski definition) is 1. The molecule has 0 amide bonds. The highest BCUT2D eigenvalue weighted by Crippen LogP contribution is 2.30. The van der Waals surface area contributed by atoms with E-state index in [1.54, 1.807) is 31.4 Å². The van der Waals surface area contributed by atoms with Crippen LogP contribution < -0.4 is 4.74 Å². The third-order valence-corrected chi connectivity index (χ3v) is 1.87. The van der Waals surface area contributed by atoms with Crippen molar-refractivity contribution in [2.75, 3.05) is 7.11 Å². The highest BCUT2D eigenvalue weighted by atomic mass is 35.5. The Kier molecular flexibility index (Phi) is 2.83. The Morgan fingerprint density at radius 3 is 2.08 bits per heavy atom. The molecule has 0 spiro atoms. The molecule has 0 fully saturated rings. The molecule has 1 aromatic carbocycles. The number of halogens is 2. The van der Waals surface area contributed by atoms with Crippen molar-refractivity contribution in [3.63, 3.8) is 0 Å². The Morgan fingerprint density at radius 2 is 1.75 bits per heavy atom. The molecule has 1 rings (SSSR count). The van der Waals surface area contributed by atoms with E-state index in [2.05, 4.69) is 0 Å². The lowest BCUT2D eigenvalue weighted by atomic mass is 10.2. The second-order valence-corrected chi connectivity index (χ2v) is 3.56. The maximum atomic E-state index is 9.14. The monoisotopic (exact) mass is 206 g/mol. The molecule has 0 saturated heterocycles. The van der Waals surface area contributed by atoms with Gasteiger partial charge >= 0.3 is 0 Å². The lowest BCUT2D eigenvalue weighted by molar-refractivity contribution is 0.218. The first-order valence-electron chi connectivity index (χ1n) is 3.29. The van der Waals surface area contributed by atoms with Gasteiger partial charge in [0.1, 0.15) is 5.75 Å². The predicted molar refractivity (Wildman–Crippen MR) is 48.6 cm³/mol. The van der Waals surface area contributed by atoms with Crippen LogP contribution in [0.4, 0.5) is 0 Å². The van der Waals surface area contributed by atoms with E-state index in [-0.39, 0.29) is 0 Å². The molecule has 0 saturated carbocycles. The average molecular weight is 207 g/mol. The van der Waals surface area contributed by atoms with Gasteiger partial charge in [0.15, 0.2) is 0 Å². The Hall–Kier alpha value is -0.440. The van der Waals surface area contributed by atoms with Gasteiger partial charge in [0, 0.05) is 5.56 Å². The van der Waals surface area contributed by atoms with Crippen LogP contribution in [0.1, 0.15) is 5.56 Å². The Bertz CT molecular complexity index is 251. The van der Waals surface area contributed by atoms with Crippen molar-refractivity contribution in [1.82, 2.24) is 0 Å². The highest BCUT2D eigenvalue weighted by molar-refractivity contribution is 6.46. The summed E-state index contributed by atoms with van der Waals surface area (Å²) in [4.78, 5) is 0. The highest BCUT2D eigenvalue weighted by Gasteiger charge is 2.21. The van der Waals surface area contributed by atoms with Crippen LogP contribution in [0.5, 0.6) is 5.75 Å². The van der Waals surface area contributed by atoms with Crippen molar-refractivity contribution < 1.29 is 9.84 Å². The van der Waals surface area contributed by atoms with E-state index >= 15 is 0 Å². The fourth-order valence-corrected chi connectivity index (χ4v) is 1.04. The maximum absolute atomic E-state index is 9.14. The molecule has 0 bridgehead atoms. The lowest BCUT2D eigenvalue weighted by Crippen LogP contribution is -2.07. The number of alkyl halides is 2. The predicted octanol–water partition coefficient (Wildman–Crippen LogP) is 2.28. The Balaban J connectivity index is 2.93. The fraction of sp³-hybridized carbons (Fsp3) is 0.250. The molecule has 0 radical (unpaired) electrons. The number of benzene rings is 1. The molecule has 12 heavy (non-hydrogen) atoms. The minimum absolute atomic E-state index is 0.423. The van der Waals surface area contributed by atoms with Gasteiger partial charge in [-0.15, -0.1) is 0 Å². The van der Waals surface area contributed by atoms with Gasteiger partial charge < -0.3 is 9.84 Å². The van der Waals surface area contributed by atoms with E-state index in [1.807, 2.05) is 0 Å². The first-order valence-corrected chi connectivity index (χ1v) is 4.04. The largest absolute Gasteiger partial charge is 0.497 e. The van der Waals surface area contributed by atoms with Gasteiger partial charge in [-0.1, -0.05) is 23.2 Å². The molecular formula is C8H8Cl2O2. The zero-order chi connectivity index (χ0) is 9.19. The first kappa shape index (κ1) is 9.65. The van der Waals surface area contributed by atoms with Gasteiger partial charge in [0.05, 0.1) is 7.11 Å². The zero-order valence-corrected chi connectivity index (χ0v) is 7.93. The van der Waals surface area contributed by atoms with Crippen LogP contribution in [0.3, 0.4) is 0 Å². The molecule has 0 unspecified atom stereocenters. The summed E-state index contributed by atoms with van der Waals surface area (Å²) in [5.41, 5.74) is 0.423. The van der Waals surface area contributed by atoms with Crippen LogP contribution in [0.15, 0.2) is 24.3 Å². The van der Waals surface area contributed by atoms with Crippen molar-refractivity contribution in [2.24, 2.45) is 0 Å². The number of methoxy groups -OCH3 is 1. The van der Waals surface area contributed by atoms with E-state index in [4.69, 9.17) is 33.0 Å². The molecule has 0 heterocycles. The molecule has 0 aromatic heterocycles. The number of hydrogen-bond acceptors (Lipinski definition) is 2. The molecular weight excluding hydrogens is 199 g/mol. The van der Waals surface area contributed by atoms with Gasteiger partial charge in [-0.05, 0) is 24.3 Å². The van der Waals surface area contributed by atoms with Gasteiger partial charge in [-0.3, -0.25) is 0 Å². The minimum Gasteiger partial charge on any atom is -0.497 e. The van der Waals surface area contributed by atoms with Crippen LogP contribution >= 0.6 is 23.2 Å². The van der Waals surface area contributed by atoms with Crippen LogP contribution in [0, 0.1) is 0 Å². The molecule has 66 valence electrons.